The van der Waals surface area contributed by atoms with Gasteiger partial charge in [-0.2, -0.15) is 0 Å². The number of nitrogens with zero attached hydrogens (tertiary/aromatic N) is 1. The lowest BCUT2D eigenvalue weighted by Gasteiger charge is -2.30. The summed E-state index contributed by atoms with van der Waals surface area (Å²) >= 11 is 0. The van der Waals surface area contributed by atoms with Crippen LogP contribution < -0.4 is 11.1 Å². The van der Waals surface area contributed by atoms with Gasteiger partial charge in [0.1, 0.15) is 0 Å². The lowest BCUT2D eigenvalue weighted by molar-refractivity contribution is -0.137. The quantitative estimate of drug-likeness (QED) is 0.743. The van der Waals surface area contributed by atoms with E-state index in [-0.39, 0.29) is 49.9 Å². The number of Topliss-reactive ketones (excluding diaryl/α,β-unsaturated/α-hetero) is 1. The largest absolute Gasteiger partial charge is 0.369 e. The van der Waals surface area contributed by atoms with Crippen LogP contribution in [0.25, 0.3) is 0 Å². The van der Waals surface area contributed by atoms with Crippen LogP contribution in [0.15, 0.2) is 30.3 Å². The van der Waals surface area contributed by atoms with Crippen molar-refractivity contribution in [2.75, 3.05) is 6.54 Å². The van der Waals surface area contributed by atoms with Crippen LogP contribution in [0.4, 0.5) is 0 Å². The molecule has 1 aliphatic rings. The zero-order chi connectivity index (χ0) is 19.1. The van der Waals surface area contributed by atoms with Crippen molar-refractivity contribution in [3.63, 3.8) is 0 Å². The van der Waals surface area contributed by atoms with Gasteiger partial charge in [0, 0.05) is 18.9 Å². The molecule has 139 valence electrons. The van der Waals surface area contributed by atoms with Gasteiger partial charge >= 0.3 is 0 Å². The van der Waals surface area contributed by atoms with Gasteiger partial charge < -0.3 is 16.0 Å². The van der Waals surface area contributed by atoms with Crippen LogP contribution in [0.2, 0.25) is 0 Å². The van der Waals surface area contributed by atoms with Crippen LogP contribution in [0, 0.1) is 12.3 Å². The molecule has 0 saturated carbocycles. The first-order valence-electron chi connectivity index (χ1n) is 8.65. The summed E-state index contributed by atoms with van der Waals surface area (Å²) in [5, 5.41) is 2.55. The fraction of sp³-hybridized carbons (Fsp3) is 0.421. The molecule has 26 heavy (non-hydrogen) atoms. The summed E-state index contributed by atoms with van der Waals surface area (Å²) in [5.74, 6) is -1.68. The first-order chi connectivity index (χ1) is 12.4. The number of carbonyl (C=O) groups excluding carboxylic acids is 4. The van der Waals surface area contributed by atoms with Gasteiger partial charge in [0.05, 0.1) is 19.0 Å². The zero-order valence-corrected chi connectivity index (χ0v) is 14.8. The van der Waals surface area contributed by atoms with E-state index >= 15 is 0 Å². The number of hydrogen-bond donors (Lipinski definition) is 2. The van der Waals surface area contributed by atoms with Crippen molar-refractivity contribution in [1.29, 1.82) is 0 Å². The van der Waals surface area contributed by atoms with Crippen molar-refractivity contribution < 1.29 is 19.2 Å². The van der Waals surface area contributed by atoms with E-state index in [9.17, 15) is 19.2 Å². The van der Waals surface area contributed by atoms with Crippen LogP contribution >= 0.6 is 0 Å². The predicted octanol–water partition coefficient (Wildman–Crippen LogP) is 0.579. The molecule has 0 aromatic heterocycles. The van der Waals surface area contributed by atoms with E-state index in [1.54, 1.807) is 6.92 Å². The van der Waals surface area contributed by atoms with E-state index in [4.69, 9.17) is 5.73 Å². The van der Waals surface area contributed by atoms with Gasteiger partial charge in [-0.25, -0.2) is 0 Å². The molecule has 3 N–H and O–H groups in total. The Bertz CT molecular complexity index is 675. The number of benzene rings is 1. The molecule has 7 heteroatoms. The molecule has 1 aliphatic heterocycles. The zero-order valence-electron chi connectivity index (χ0n) is 14.8. The Labute approximate surface area is 152 Å². The summed E-state index contributed by atoms with van der Waals surface area (Å²) < 4.78 is 0. The average Bonchev–Trinajstić information content (AvgIpc) is 2.79. The van der Waals surface area contributed by atoms with Crippen LogP contribution in [0.1, 0.15) is 31.7 Å². The number of ketones is 1. The second-order valence-corrected chi connectivity index (χ2v) is 6.49. The Morgan fingerprint density at radius 3 is 2.65 bits per heavy atom. The Morgan fingerprint density at radius 2 is 2.00 bits per heavy atom. The number of primary amides is 1. The highest BCUT2D eigenvalue weighted by atomic mass is 16.2. The Hall–Kier alpha value is -2.70. The lowest BCUT2D eigenvalue weighted by atomic mass is 10.0. The smallest absolute Gasteiger partial charge is 0.227 e. The minimum atomic E-state index is -0.679. The number of amides is 3. The van der Waals surface area contributed by atoms with Gasteiger partial charge in [0.2, 0.25) is 17.7 Å². The molecule has 3 amide bonds. The van der Waals surface area contributed by atoms with Gasteiger partial charge in [-0.3, -0.25) is 19.2 Å². The molecule has 0 spiro atoms. The summed E-state index contributed by atoms with van der Waals surface area (Å²) in [6.07, 6.45) is 2.07. The van der Waals surface area contributed by atoms with Crippen molar-refractivity contribution in [2.45, 2.75) is 38.8 Å². The van der Waals surface area contributed by atoms with Gasteiger partial charge in [-0.05, 0) is 18.4 Å². The van der Waals surface area contributed by atoms with Gasteiger partial charge in [0.15, 0.2) is 5.78 Å². The van der Waals surface area contributed by atoms with Gasteiger partial charge in [-0.15, -0.1) is 0 Å². The highest BCUT2D eigenvalue weighted by molar-refractivity contribution is 5.96. The number of nitrogens with two attached hydrogens (primary N) is 1. The molecule has 7 nitrogen and oxygen atoms in total. The third-order valence-electron chi connectivity index (χ3n) is 4.46. The number of hydrogen-bond acceptors (Lipinski definition) is 4. The number of nitrogens with one attached hydrogen (secondary N) is 1. The van der Waals surface area contributed by atoms with Crippen molar-refractivity contribution >= 4 is 23.5 Å². The van der Waals surface area contributed by atoms with Gasteiger partial charge in [0.25, 0.3) is 0 Å². The highest BCUT2D eigenvalue weighted by Crippen LogP contribution is 2.18. The normalized spacial score (nSPS) is 18.6. The Balaban J connectivity index is 2.17. The number of rotatable bonds is 7. The maximum Gasteiger partial charge on any atom is 0.227 e. The molecule has 1 heterocycles. The monoisotopic (exact) mass is 358 g/mol. The van der Waals surface area contributed by atoms with E-state index < -0.39 is 17.9 Å². The van der Waals surface area contributed by atoms with E-state index in [1.807, 2.05) is 30.3 Å². The maximum atomic E-state index is 12.8. The summed E-state index contributed by atoms with van der Waals surface area (Å²) in [6, 6.07) is 8.65. The van der Waals surface area contributed by atoms with E-state index in [1.165, 1.54) is 11.3 Å². The molecule has 2 atom stereocenters. The third kappa shape index (κ3) is 5.40. The second-order valence-electron chi connectivity index (χ2n) is 6.49. The van der Waals surface area contributed by atoms with Crippen LogP contribution in [-0.2, 0) is 25.7 Å². The van der Waals surface area contributed by atoms with E-state index in [0.717, 1.165) is 5.56 Å². The fourth-order valence-corrected chi connectivity index (χ4v) is 2.78. The minimum Gasteiger partial charge on any atom is -0.369 e. The van der Waals surface area contributed by atoms with Crippen molar-refractivity contribution in [1.82, 2.24) is 10.2 Å². The topological polar surface area (TPSA) is 110 Å². The lowest BCUT2D eigenvalue weighted by Crippen LogP contribution is -2.46. The second kappa shape index (κ2) is 9.12. The van der Waals surface area contributed by atoms with Crippen molar-refractivity contribution in [2.24, 2.45) is 11.7 Å². The summed E-state index contributed by atoms with van der Waals surface area (Å²) in [6.45, 7) is 1.82. The summed E-state index contributed by atoms with van der Waals surface area (Å²) in [5.41, 5.74) is 6.12. The summed E-state index contributed by atoms with van der Waals surface area (Å²) in [4.78, 5) is 49.5. The van der Waals surface area contributed by atoms with Crippen molar-refractivity contribution in [3.8, 4) is 0 Å². The Morgan fingerprint density at radius 1 is 1.31 bits per heavy atom. The van der Waals surface area contributed by atoms with Crippen LogP contribution in [-0.4, -0.2) is 41.0 Å². The highest BCUT2D eigenvalue weighted by Gasteiger charge is 2.32. The standard InChI is InChI=1S/C19H24N3O4/c1-13(19(20)26)7-10-18(25)22(12-14-5-3-2-4-6-14)15-8-9-17(24)21-11-16(15)23/h2-6,10,13,15H,7-9,11-12H2,1H3,(H2,20,26)(H,21,24)/t13-,15-/m0/s1. The first kappa shape index (κ1) is 19.6. The molecule has 0 unspecified atom stereocenters. The Kier molecular flexibility index (Phi) is 6.89. The fourth-order valence-electron chi connectivity index (χ4n) is 2.78. The molecular formula is C19H24N3O4. The molecule has 2 rings (SSSR count). The molecular weight excluding hydrogens is 334 g/mol. The molecule has 1 aromatic carbocycles. The van der Waals surface area contributed by atoms with Crippen LogP contribution in [0.5, 0.6) is 0 Å². The van der Waals surface area contributed by atoms with E-state index in [2.05, 4.69) is 5.32 Å². The molecule has 1 fully saturated rings. The molecule has 0 aliphatic carbocycles. The van der Waals surface area contributed by atoms with Crippen LogP contribution in [0.3, 0.4) is 0 Å². The predicted molar refractivity (Wildman–Crippen MR) is 95.3 cm³/mol. The first-order valence-corrected chi connectivity index (χ1v) is 8.65. The minimum absolute atomic E-state index is 0.0836. The average molecular weight is 358 g/mol. The van der Waals surface area contributed by atoms with Crippen molar-refractivity contribution in [3.05, 3.63) is 42.3 Å². The molecule has 1 saturated heterocycles. The molecule has 1 radical (unpaired) electrons. The van der Waals surface area contributed by atoms with Gasteiger partial charge in [-0.1, -0.05) is 37.3 Å². The summed E-state index contributed by atoms with van der Waals surface area (Å²) in [7, 11) is 0. The SMILES string of the molecule is C[C@@H](C[CH]C(=O)N(Cc1ccccc1)[C@H]1CCC(=O)NCC1=O)C(N)=O. The molecule has 0 bridgehead atoms. The molecule has 1 aromatic rings. The van der Waals surface area contributed by atoms with E-state index in [0.29, 0.717) is 0 Å². The third-order valence-corrected chi connectivity index (χ3v) is 4.46. The number of carbonyl (C=O) groups is 4. The maximum absolute atomic E-state index is 12.8.